The van der Waals surface area contributed by atoms with Crippen LogP contribution in [0.25, 0.3) is 0 Å². The first-order valence-electron chi connectivity index (χ1n) is 9.14. The van der Waals surface area contributed by atoms with Crippen molar-refractivity contribution < 1.29 is 28.6 Å². The van der Waals surface area contributed by atoms with Gasteiger partial charge in [0.1, 0.15) is 11.3 Å². The van der Waals surface area contributed by atoms with E-state index in [4.69, 9.17) is 14.2 Å². The standard InChI is InChI=1S/C21H23N3O6/c1-21(14-6-8-15(28-2)9-7-14)19(26)24(20(27)22-21)23-18(25)12-13-5-10-16(29-3)17(11-13)30-4/h5-11H,12H2,1-4H3,(H,22,27)(H,23,25)/t21-/m1/s1. The van der Waals surface area contributed by atoms with Crippen LogP contribution in [-0.2, 0) is 21.5 Å². The minimum Gasteiger partial charge on any atom is -0.497 e. The van der Waals surface area contributed by atoms with Gasteiger partial charge in [0.2, 0.25) is 5.91 Å². The van der Waals surface area contributed by atoms with Crippen molar-refractivity contribution in [1.82, 2.24) is 15.8 Å². The normalized spacial score (nSPS) is 18.1. The maximum atomic E-state index is 12.9. The predicted octanol–water partition coefficient (Wildman–Crippen LogP) is 1.75. The Morgan fingerprint density at radius 2 is 1.67 bits per heavy atom. The summed E-state index contributed by atoms with van der Waals surface area (Å²) in [7, 11) is 4.55. The van der Waals surface area contributed by atoms with Gasteiger partial charge < -0.3 is 19.5 Å². The van der Waals surface area contributed by atoms with E-state index in [0.717, 1.165) is 0 Å². The lowest BCUT2D eigenvalue weighted by molar-refractivity contribution is -0.138. The van der Waals surface area contributed by atoms with E-state index in [-0.39, 0.29) is 6.42 Å². The van der Waals surface area contributed by atoms with Crippen molar-refractivity contribution in [3.63, 3.8) is 0 Å². The van der Waals surface area contributed by atoms with Gasteiger partial charge in [-0.25, -0.2) is 4.79 Å². The number of ether oxygens (including phenoxy) is 3. The monoisotopic (exact) mass is 413 g/mol. The first-order valence-corrected chi connectivity index (χ1v) is 9.14. The SMILES string of the molecule is COc1ccc([C@@]2(C)NC(=O)N(NC(=O)Cc3ccc(OC)c(OC)c3)C2=O)cc1. The Morgan fingerprint density at radius 3 is 2.27 bits per heavy atom. The Kier molecular flexibility index (Phi) is 5.81. The second-order valence-electron chi connectivity index (χ2n) is 6.83. The Morgan fingerprint density at radius 1 is 1.00 bits per heavy atom. The smallest absolute Gasteiger partial charge is 0.344 e. The lowest BCUT2D eigenvalue weighted by atomic mass is 9.92. The summed E-state index contributed by atoms with van der Waals surface area (Å²) in [6.07, 6.45) is -0.0589. The fraction of sp³-hybridized carbons (Fsp3) is 0.286. The minimum atomic E-state index is -1.31. The molecule has 9 nitrogen and oxygen atoms in total. The molecule has 4 amide bonds. The highest BCUT2D eigenvalue weighted by molar-refractivity contribution is 6.08. The van der Waals surface area contributed by atoms with Crippen molar-refractivity contribution in [3.05, 3.63) is 53.6 Å². The summed E-state index contributed by atoms with van der Waals surface area (Å²) < 4.78 is 15.5. The molecular formula is C21H23N3O6. The highest BCUT2D eigenvalue weighted by atomic mass is 16.5. The molecule has 0 radical (unpaired) electrons. The first-order chi connectivity index (χ1) is 14.3. The van der Waals surface area contributed by atoms with E-state index >= 15 is 0 Å². The van der Waals surface area contributed by atoms with Crippen LogP contribution in [0.4, 0.5) is 4.79 Å². The third-order valence-electron chi connectivity index (χ3n) is 4.91. The van der Waals surface area contributed by atoms with Gasteiger partial charge in [-0.05, 0) is 42.3 Å². The lowest BCUT2D eigenvalue weighted by Crippen LogP contribution is -2.48. The van der Waals surface area contributed by atoms with Crippen LogP contribution in [0, 0.1) is 0 Å². The molecule has 0 aliphatic carbocycles. The van der Waals surface area contributed by atoms with Crippen molar-refractivity contribution in [1.29, 1.82) is 0 Å². The number of nitrogens with zero attached hydrogens (tertiary/aromatic N) is 1. The van der Waals surface area contributed by atoms with Crippen LogP contribution in [0.2, 0.25) is 0 Å². The highest BCUT2D eigenvalue weighted by Crippen LogP contribution is 2.30. The van der Waals surface area contributed by atoms with E-state index in [1.807, 2.05) is 0 Å². The van der Waals surface area contributed by atoms with Gasteiger partial charge in [0, 0.05) is 0 Å². The average molecular weight is 413 g/mol. The fourth-order valence-corrected chi connectivity index (χ4v) is 3.20. The number of amides is 4. The number of benzene rings is 2. The van der Waals surface area contributed by atoms with Gasteiger partial charge in [-0.2, -0.15) is 5.01 Å². The number of nitrogens with one attached hydrogen (secondary N) is 2. The number of hydrazine groups is 1. The molecule has 1 atom stereocenters. The summed E-state index contributed by atoms with van der Waals surface area (Å²) in [5.41, 5.74) is 2.27. The third kappa shape index (κ3) is 3.86. The zero-order chi connectivity index (χ0) is 21.9. The first kappa shape index (κ1) is 21.0. The Labute approximate surface area is 173 Å². The molecule has 0 spiro atoms. The number of methoxy groups -OCH3 is 3. The van der Waals surface area contributed by atoms with Gasteiger partial charge >= 0.3 is 6.03 Å². The lowest BCUT2D eigenvalue weighted by Gasteiger charge is -2.22. The molecule has 1 fully saturated rings. The molecule has 0 unspecified atom stereocenters. The van der Waals surface area contributed by atoms with Crippen molar-refractivity contribution >= 4 is 17.8 Å². The van der Waals surface area contributed by atoms with Gasteiger partial charge in [-0.1, -0.05) is 18.2 Å². The number of rotatable bonds is 7. The van der Waals surface area contributed by atoms with E-state index in [1.54, 1.807) is 49.4 Å². The van der Waals surface area contributed by atoms with Gasteiger partial charge in [0.05, 0.1) is 27.8 Å². The molecule has 158 valence electrons. The van der Waals surface area contributed by atoms with Gasteiger partial charge in [0.15, 0.2) is 11.5 Å². The summed E-state index contributed by atoms with van der Waals surface area (Å²) >= 11 is 0. The zero-order valence-electron chi connectivity index (χ0n) is 17.1. The summed E-state index contributed by atoms with van der Waals surface area (Å²) in [6, 6.07) is 11.1. The second-order valence-corrected chi connectivity index (χ2v) is 6.83. The van der Waals surface area contributed by atoms with Crippen LogP contribution in [0.5, 0.6) is 17.2 Å². The molecule has 30 heavy (non-hydrogen) atoms. The van der Waals surface area contributed by atoms with Gasteiger partial charge in [0.25, 0.3) is 5.91 Å². The van der Waals surface area contributed by atoms with Crippen molar-refractivity contribution in [2.75, 3.05) is 21.3 Å². The van der Waals surface area contributed by atoms with E-state index in [0.29, 0.717) is 33.4 Å². The van der Waals surface area contributed by atoms with Crippen LogP contribution in [0.3, 0.4) is 0 Å². The predicted molar refractivity (Wildman–Crippen MR) is 107 cm³/mol. The maximum Gasteiger partial charge on any atom is 0.344 e. The summed E-state index contributed by atoms with van der Waals surface area (Å²) in [6.45, 7) is 1.58. The molecular weight excluding hydrogens is 390 g/mol. The zero-order valence-corrected chi connectivity index (χ0v) is 17.1. The second kappa shape index (κ2) is 8.32. The molecule has 2 aromatic rings. The molecule has 1 aliphatic rings. The van der Waals surface area contributed by atoms with Crippen molar-refractivity contribution in [3.8, 4) is 17.2 Å². The van der Waals surface area contributed by atoms with Crippen LogP contribution in [-0.4, -0.2) is 44.2 Å². The van der Waals surface area contributed by atoms with E-state index in [2.05, 4.69) is 10.7 Å². The number of carbonyl (C=O) groups is 3. The van der Waals surface area contributed by atoms with Crippen LogP contribution in [0.1, 0.15) is 18.1 Å². The molecule has 0 aromatic heterocycles. The van der Waals surface area contributed by atoms with E-state index in [1.165, 1.54) is 21.3 Å². The molecule has 9 heteroatoms. The van der Waals surface area contributed by atoms with Crippen molar-refractivity contribution in [2.24, 2.45) is 0 Å². The molecule has 1 heterocycles. The van der Waals surface area contributed by atoms with Crippen LogP contribution >= 0.6 is 0 Å². The molecule has 1 aliphatic heterocycles. The summed E-state index contributed by atoms with van der Waals surface area (Å²) in [5, 5.41) is 3.33. The highest BCUT2D eigenvalue weighted by Gasteiger charge is 2.50. The third-order valence-corrected chi connectivity index (χ3v) is 4.91. The quantitative estimate of drug-likeness (QED) is 0.670. The summed E-state index contributed by atoms with van der Waals surface area (Å²) in [4.78, 5) is 37.8. The number of hydrogen-bond donors (Lipinski definition) is 2. The fourth-order valence-electron chi connectivity index (χ4n) is 3.20. The number of imide groups is 1. The number of hydrogen-bond acceptors (Lipinski definition) is 6. The average Bonchev–Trinajstić information content (AvgIpc) is 2.97. The van der Waals surface area contributed by atoms with Crippen molar-refractivity contribution in [2.45, 2.75) is 18.9 Å². The van der Waals surface area contributed by atoms with E-state index in [9.17, 15) is 14.4 Å². The summed E-state index contributed by atoms with van der Waals surface area (Å²) in [5.74, 6) is 0.526. The minimum absolute atomic E-state index is 0.0589. The Balaban J connectivity index is 1.72. The van der Waals surface area contributed by atoms with Gasteiger partial charge in [-0.15, -0.1) is 0 Å². The number of carbonyl (C=O) groups excluding carboxylic acids is 3. The van der Waals surface area contributed by atoms with Crippen LogP contribution in [0.15, 0.2) is 42.5 Å². The molecule has 0 bridgehead atoms. The largest absolute Gasteiger partial charge is 0.497 e. The molecule has 0 saturated carbocycles. The molecule has 2 N–H and O–H groups in total. The van der Waals surface area contributed by atoms with Gasteiger partial charge in [-0.3, -0.25) is 15.0 Å². The Bertz CT molecular complexity index is 975. The maximum absolute atomic E-state index is 12.9. The Hall–Kier alpha value is -3.75. The van der Waals surface area contributed by atoms with E-state index < -0.39 is 23.4 Å². The molecule has 3 rings (SSSR count). The number of urea groups is 1. The molecule has 2 aromatic carbocycles. The topological polar surface area (TPSA) is 106 Å². The molecule has 1 saturated heterocycles. The van der Waals surface area contributed by atoms with Crippen LogP contribution < -0.4 is 25.0 Å².